The topological polar surface area (TPSA) is 72.2 Å². The van der Waals surface area contributed by atoms with Gasteiger partial charge in [0.1, 0.15) is 0 Å². The van der Waals surface area contributed by atoms with Gasteiger partial charge in [-0.2, -0.15) is 0 Å². The summed E-state index contributed by atoms with van der Waals surface area (Å²) in [6.45, 7) is 1.90. The van der Waals surface area contributed by atoms with Crippen molar-refractivity contribution in [3.8, 4) is 0 Å². The standard InChI is InChI=1S/C11H14N2O3S/c14-13(15)10-1-3-11(4-2-10)17(16)8-9-5-6-12-7-9/h1-4,9,12H,5-8H2. The van der Waals surface area contributed by atoms with Crippen molar-refractivity contribution in [2.45, 2.75) is 11.3 Å². The Morgan fingerprint density at radius 1 is 1.41 bits per heavy atom. The van der Waals surface area contributed by atoms with Crippen LogP contribution in [0.15, 0.2) is 29.2 Å². The Balaban J connectivity index is 2.01. The Morgan fingerprint density at radius 3 is 2.65 bits per heavy atom. The molecular weight excluding hydrogens is 240 g/mol. The highest BCUT2D eigenvalue weighted by Crippen LogP contribution is 2.17. The number of nitro benzene ring substituents is 1. The molecule has 0 aromatic heterocycles. The molecule has 1 saturated heterocycles. The summed E-state index contributed by atoms with van der Waals surface area (Å²) >= 11 is 0. The summed E-state index contributed by atoms with van der Waals surface area (Å²) < 4.78 is 12.0. The van der Waals surface area contributed by atoms with Crippen molar-refractivity contribution < 1.29 is 9.13 Å². The molecule has 0 aliphatic carbocycles. The minimum absolute atomic E-state index is 0.0354. The minimum atomic E-state index is -1.06. The first-order valence-electron chi connectivity index (χ1n) is 5.50. The maximum absolute atomic E-state index is 12.0. The molecule has 1 aliphatic heterocycles. The van der Waals surface area contributed by atoms with Crippen molar-refractivity contribution in [3.63, 3.8) is 0 Å². The monoisotopic (exact) mass is 254 g/mol. The van der Waals surface area contributed by atoms with Gasteiger partial charge in [-0.05, 0) is 37.6 Å². The molecule has 2 rings (SSSR count). The fourth-order valence-electron chi connectivity index (χ4n) is 1.89. The molecule has 6 heteroatoms. The second-order valence-electron chi connectivity index (χ2n) is 4.12. The highest BCUT2D eigenvalue weighted by molar-refractivity contribution is 7.85. The van der Waals surface area contributed by atoms with Crippen LogP contribution in [0.5, 0.6) is 0 Å². The van der Waals surface area contributed by atoms with E-state index in [4.69, 9.17) is 0 Å². The Kier molecular flexibility index (Phi) is 3.86. The SMILES string of the molecule is O=[N+]([O-])c1ccc(S(=O)CC2CCNC2)cc1. The zero-order chi connectivity index (χ0) is 12.3. The van der Waals surface area contributed by atoms with E-state index in [1.807, 2.05) is 0 Å². The molecule has 17 heavy (non-hydrogen) atoms. The van der Waals surface area contributed by atoms with Crippen LogP contribution in [0.1, 0.15) is 6.42 Å². The third kappa shape index (κ3) is 3.10. The first-order valence-corrected chi connectivity index (χ1v) is 6.82. The molecule has 0 amide bonds. The van der Waals surface area contributed by atoms with E-state index in [1.165, 1.54) is 12.1 Å². The molecule has 1 fully saturated rings. The van der Waals surface area contributed by atoms with E-state index in [0.29, 0.717) is 16.6 Å². The summed E-state index contributed by atoms with van der Waals surface area (Å²) in [5.74, 6) is 1.08. The fraction of sp³-hybridized carbons (Fsp3) is 0.455. The lowest BCUT2D eigenvalue weighted by atomic mass is 10.2. The molecule has 0 bridgehead atoms. The third-order valence-electron chi connectivity index (χ3n) is 2.86. The van der Waals surface area contributed by atoms with Gasteiger partial charge < -0.3 is 5.32 Å². The smallest absolute Gasteiger partial charge is 0.269 e. The number of benzene rings is 1. The molecule has 0 spiro atoms. The summed E-state index contributed by atoms with van der Waals surface area (Å²) in [5.41, 5.74) is 0.0354. The Labute approximate surface area is 102 Å². The van der Waals surface area contributed by atoms with Crippen LogP contribution in [0.25, 0.3) is 0 Å². The molecule has 1 aromatic carbocycles. The first-order chi connectivity index (χ1) is 8.16. The van der Waals surface area contributed by atoms with Gasteiger partial charge in [0, 0.05) is 22.8 Å². The number of nitrogens with one attached hydrogen (secondary N) is 1. The predicted molar refractivity (Wildman–Crippen MR) is 65.3 cm³/mol. The molecule has 5 nitrogen and oxygen atoms in total. The average molecular weight is 254 g/mol. The van der Waals surface area contributed by atoms with Gasteiger partial charge in [-0.15, -0.1) is 0 Å². The van der Waals surface area contributed by atoms with Gasteiger partial charge in [0.25, 0.3) is 5.69 Å². The van der Waals surface area contributed by atoms with Crippen molar-refractivity contribution >= 4 is 16.5 Å². The van der Waals surface area contributed by atoms with Gasteiger partial charge in [0.15, 0.2) is 0 Å². The number of hydrogen-bond donors (Lipinski definition) is 1. The van der Waals surface area contributed by atoms with Gasteiger partial charge in [-0.1, -0.05) is 0 Å². The molecule has 1 aromatic rings. The highest BCUT2D eigenvalue weighted by Gasteiger charge is 2.18. The lowest BCUT2D eigenvalue weighted by Crippen LogP contribution is -2.15. The van der Waals surface area contributed by atoms with Crippen LogP contribution in [-0.4, -0.2) is 28.0 Å². The number of nitrogens with zero attached hydrogens (tertiary/aromatic N) is 1. The predicted octanol–water partition coefficient (Wildman–Crippen LogP) is 1.31. The second-order valence-corrected chi connectivity index (χ2v) is 5.62. The van der Waals surface area contributed by atoms with Crippen LogP contribution < -0.4 is 5.32 Å². The summed E-state index contributed by atoms with van der Waals surface area (Å²) in [7, 11) is -1.06. The molecule has 1 aliphatic rings. The van der Waals surface area contributed by atoms with Crippen molar-refractivity contribution in [2.24, 2.45) is 5.92 Å². The van der Waals surface area contributed by atoms with E-state index in [0.717, 1.165) is 19.5 Å². The molecule has 1 N–H and O–H groups in total. The fourth-order valence-corrected chi connectivity index (χ4v) is 3.23. The van der Waals surface area contributed by atoms with Crippen molar-refractivity contribution in [2.75, 3.05) is 18.8 Å². The lowest BCUT2D eigenvalue weighted by Gasteiger charge is -2.07. The summed E-state index contributed by atoms with van der Waals surface area (Å²) in [6.07, 6.45) is 1.05. The van der Waals surface area contributed by atoms with Gasteiger partial charge in [0.2, 0.25) is 0 Å². The molecule has 2 unspecified atom stereocenters. The Morgan fingerprint density at radius 2 is 2.12 bits per heavy atom. The zero-order valence-corrected chi connectivity index (χ0v) is 10.1. The van der Waals surface area contributed by atoms with Crippen molar-refractivity contribution in [1.29, 1.82) is 0 Å². The van der Waals surface area contributed by atoms with E-state index in [9.17, 15) is 14.3 Å². The van der Waals surface area contributed by atoms with E-state index in [1.54, 1.807) is 12.1 Å². The van der Waals surface area contributed by atoms with Gasteiger partial charge >= 0.3 is 0 Å². The third-order valence-corrected chi connectivity index (χ3v) is 4.43. The summed E-state index contributed by atoms with van der Waals surface area (Å²) in [5, 5.41) is 13.7. The number of non-ortho nitro benzene ring substituents is 1. The van der Waals surface area contributed by atoms with Crippen LogP contribution >= 0.6 is 0 Å². The van der Waals surface area contributed by atoms with Crippen LogP contribution in [0, 0.1) is 16.0 Å². The van der Waals surface area contributed by atoms with Gasteiger partial charge in [-0.25, -0.2) is 0 Å². The van der Waals surface area contributed by atoms with E-state index < -0.39 is 15.7 Å². The molecular formula is C11H14N2O3S. The largest absolute Gasteiger partial charge is 0.316 e. The maximum atomic E-state index is 12.0. The average Bonchev–Trinajstić information content (AvgIpc) is 2.82. The molecule has 92 valence electrons. The summed E-state index contributed by atoms with van der Waals surface area (Å²) in [4.78, 5) is 10.7. The molecule has 0 saturated carbocycles. The van der Waals surface area contributed by atoms with E-state index in [2.05, 4.69) is 5.32 Å². The summed E-state index contributed by atoms with van der Waals surface area (Å²) in [6, 6.07) is 5.97. The zero-order valence-electron chi connectivity index (χ0n) is 9.30. The molecule has 1 heterocycles. The minimum Gasteiger partial charge on any atom is -0.316 e. The first kappa shape index (κ1) is 12.2. The van der Waals surface area contributed by atoms with Crippen LogP contribution in [0.3, 0.4) is 0 Å². The normalized spacial score (nSPS) is 21.3. The number of nitro groups is 1. The second kappa shape index (κ2) is 5.37. The van der Waals surface area contributed by atoms with Gasteiger partial charge in [-0.3, -0.25) is 14.3 Å². The van der Waals surface area contributed by atoms with Crippen LogP contribution in [0.4, 0.5) is 5.69 Å². The molecule has 2 atom stereocenters. The van der Waals surface area contributed by atoms with Crippen molar-refractivity contribution in [3.05, 3.63) is 34.4 Å². The van der Waals surface area contributed by atoms with Crippen LogP contribution in [0.2, 0.25) is 0 Å². The quantitative estimate of drug-likeness (QED) is 0.649. The maximum Gasteiger partial charge on any atom is 0.269 e. The Hall–Kier alpha value is -1.27. The van der Waals surface area contributed by atoms with E-state index >= 15 is 0 Å². The van der Waals surface area contributed by atoms with Crippen molar-refractivity contribution in [1.82, 2.24) is 5.32 Å². The van der Waals surface area contributed by atoms with Crippen LogP contribution in [-0.2, 0) is 10.8 Å². The Bertz CT molecular complexity index is 427. The van der Waals surface area contributed by atoms with E-state index in [-0.39, 0.29) is 5.69 Å². The van der Waals surface area contributed by atoms with Gasteiger partial charge in [0.05, 0.1) is 15.7 Å². The molecule has 0 radical (unpaired) electrons. The number of rotatable bonds is 4. The highest BCUT2D eigenvalue weighted by atomic mass is 32.2. The lowest BCUT2D eigenvalue weighted by molar-refractivity contribution is -0.384. The number of hydrogen-bond acceptors (Lipinski definition) is 4.